The van der Waals surface area contributed by atoms with Crippen LogP contribution in [-0.2, 0) is 19.1 Å². The number of carbonyl (C=O) groups excluding carboxylic acids is 2. The zero-order valence-electron chi connectivity index (χ0n) is 36.6. The molecule has 0 saturated carbocycles. The van der Waals surface area contributed by atoms with Gasteiger partial charge in [0, 0.05) is 12.3 Å². The van der Waals surface area contributed by atoms with Gasteiger partial charge in [-0.15, -0.1) is 0 Å². The minimum absolute atomic E-state index is 0.0159. The fourth-order valence-corrected chi connectivity index (χ4v) is 6.88. The van der Waals surface area contributed by atoms with Gasteiger partial charge in [0.15, 0.2) is 0 Å². The number of carbonyl (C=O) groups is 2. The first-order valence-corrected chi connectivity index (χ1v) is 19.7. The minimum Gasteiger partial charge on any atom is -0.462 e. The first-order chi connectivity index (χ1) is 24.8. The number of esters is 2. The monoisotopic (exact) mass is 737 g/mol. The average Bonchev–Trinajstić information content (AvgIpc) is 3.00. The molecule has 0 bridgehead atoms. The van der Waals surface area contributed by atoms with Gasteiger partial charge in [-0.25, -0.2) is 0 Å². The molecule has 0 aromatic heterocycles. The second-order valence-electron chi connectivity index (χ2n) is 19.0. The maximum absolute atomic E-state index is 12.5. The molecule has 0 aromatic rings. The summed E-state index contributed by atoms with van der Waals surface area (Å²) >= 11 is 0. The van der Waals surface area contributed by atoms with Gasteiger partial charge < -0.3 is 9.47 Å². The SMILES string of the molecule is CC1=C[C@H](OC(=O)C(C)(C)C)CC(C)(C)[C@H]1/C=C/C(C)=C/C=C/C(C)=C/C=C/C=C(C)/C=C/C=C(C)/C=C/C1=C(C)C[C@@H](OC(=O)C(C)(C)C)CC1(C)C. The fourth-order valence-electron chi connectivity index (χ4n) is 6.88. The first-order valence-electron chi connectivity index (χ1n) is 19.7. The summed E-state index contributed by atoms with van der Waals surface area (Å²) in [7, 11) is 0. The smallest absolute Gasteiger partial charge is 0.311 e. The highest BCUT2D eigenvalue weighted by molar-refractivity contribution is 5.76. The van der Waals surface area contributed by atoms with Crippen LogP contribution >= 0.6 is 0 Å². The van der Waals surface area contributed by atoms with Crippen LogP contribution in [-0.4, -0.2) is 24.1 Å². The third-order valence-electron chi connectivity index (χ3n) is 10.1. The van der Waals surface area contributed by atoms with Crippen LogP contribution in [0.2, 0.25) is 0 Å². The van der Waals surface area contributed by atoms with Crippen molar-refractivity contribution in [2.24, 2.45) is 27.6 Å². The Balaban J connectivity index is 1.94. The van der Waals surface area contributed by atoms with E-state index in [9.17, 15) is 9.59 Å². The molecule has 0 heterocycles. The molecule has 2 rings (SSSR count). The predicted molar refractivity (Wildman–Crippen MR) is 231 cm³/mol. The van der Waals surface area contributed by atoms with Crippen LogP contribution in [0.3, 0.4) is 0 Å². The van der Waals surface area contributed by atoms with E-state index >= 15 is 0 Å². The quantitative estimate of drug-likeness (QED) is 0.114. The topological polar surface area (TPSA) is 52.6 Å². The summed E-state index contributed by atoms with van der Waals surface area (Å²) in [6.45, 7) is 33.1. The molecular weight excluding hydrogens is 665 g/mol. The van der Waals surface area contributed by atoms with Crippen LogP contribution < -0.4 is 0 Å². The van der Waals surface area contributed by atoms with E-state index in [0.29, 0.717) is 0 Å². The van der Waals surface area contributed by atoms with Crippen LogP contribution in [0.25, 0.3) is 0 Å². The number of rotatable bonds is 12. The lowest BCUT2D eigenvalue weighted by Crippen LogP contribution is -2.37. The van der Waals surface area contributed by atoms with Gasteiger partial charge in [0.25, 0.3) is 0 Å². The van der Waals surface area contributed by atoms with Gasteiger partial charge in [-0.05, 0) is 118 Å². The summed E-state index contributed by atoms with van der Waals surface area (Å²) in [5.74, 6) is 0.00489. The van der Waals surface area contributed by atoms with Crippen molar-refractivity contribution in [3.63, 3.8) is 0 Å². The second-order valence-corrected chi connectivity index (χ2v) is 19.0. The minimum atomic E-state index is -0.502. The number of hydrogen-bond donors (Lipinski definition) is 0. The fraction of sp³-hybridized carbons (Fsp3) is 0.520. The van der Waals surface area contributed by atoms with E-state index in [1.807, 2.05) is 41.5 Å². The van der Waals surface area contributed by atoms with Crippen molar-refractivity contribution >= 4 is 11.9 Å². The van der Waals surface area contributed by atoms with Crippen LogP contribution in [0.15, 0.2) is 130 Å². The molecule has 2 aliphatic carbocycles. The Morgan fingerprint density at radius 1 is 0.667 bits per heavy atom. The summed E-state index contributed by atoms with van der Waals surface area (Å²) in [6.07, 6.45) is 34.2. The van der Waals surface area contributed by atoms with Gasteiger partial charge in [-0.1, -0.05) is 146 Å². The summed E-state index contributed by atoms with van der Waals surface area (Å²) in [4.78, 5) is 24.9. The summed E-state index contributed by atoms with van der Waals surface area (Å²) in [5.41, 5.74) is 7.48. The highest BCUT2D eigenvalue weighted by Crippen LogP contribution is 2.44. The van der Waals surface area contributed by atoms with Crippen molar-refractivity contribution in [1.82, 2.24) is 0 Å². The number of ether oxygens (including phenoxy) is 2. The Bertz CT molecular complexity index is 1690. The lowest BCUT2D eigenvalue weighted by Gasteiger charge is -2.40. The maximum Gasteiger partial charge on any atom is 0.311 e. The summed E-state index contributed by atoms with van der Waals surface area (Å²) < 4.78 is 11.7. The largest absolute Gasteiger partial charge is 0.462 e. The number of allylic oxidation sites excluding steroid dienone is 20. The lowest BCUT2D eigenvalue weighted by molar-refractivity contribution is -0.160. The van der Waals surface area contributed by atoms with Crippen molar-refractivity contribution in [3.05, 3.63) is 130 Å². The van der Waals surface area contributed by atoms with Crippen LogP contribution in [0.1, 0.15) is 130 Å². The lowest BCUT2D eigenvalue weighted by atomic mass is 9.67. The molecular formula is C50H72O4. The van der Waals surface area contributed by atoms with Crippen molar-refractivity contribution in [2.45, 2.75) is 142 Å². The van der Waals surface area contributed by atoms with Crippen molar-refractivity contribution in [3.8, 4) is 0 Å². The molecule has 0 aliphatic heterocycles. The van der Waals surface area contributed by atoms with Crippen LogP contribution in [0.5, 0.6) is 0 Å². The van der Waals surface area contributed by atoms with E-state index in [1.54, 1.807) is 0 Å². The molecule has 3 atom stereocenters. The van der Waals surface area contributed by atoms with Gasteiger partial charge >= 0.3 is 11.9 Å². The third-order valence-corrected chi connectivity index (χ3v) is 10.1. The van der Waals surface area contributed by atoms with E-state index < -0.39 is 10.8 Å². The normalized spacial score (nSPS) is 23.7. The molecule has 4 nitrogen and oxygen atoms in total. The maximum atomic E-state index is 12.5. The van der Waals surface area contributed by atoms with E-state index in [2.05, 4.69) is 160 Å². The standard InChI is InChI=1S/C50H72O4/c1-35(23-19-25-37(3)27-29-43-39(5)31-41(33-49(43,13)14)53-45(51)47(7,8)9)21-17-18-22-36(2)24-20-26-38(4)28-30-44-40(6)32-42(34-50(44,15)16)54-46(52)48(10,11)12/h17-31,41-43H,32-34H2,1-16H3/b18-17+,23-19+,24-20+,29-27+,30-28+,35-21+,36-22+,37-25+,38-26+/t41-,42+,43-/m0/s1. The highest BCUT2D eigenvalue weighted by Gasteiger charge is 2.38. The van der Waals surface area contributed by atoms with Crippen molar-refractivity contribution < 1.29 is 19.1 Å². The second kappa shape index (κ2) is 19.6. The molecule has 0 aromatic carbocycles. The third kappa shape index (κ3) is 15.4. The zero-order chi connectivity index (χ0) is 41.1. The van der Waals surface area contributed by atoms with Gasteiger partial charge in [0.05, 0.1) is 10.8 Å². The Kier molecular flexibility index (Phi) is 16.8. The molecule has 296 valence electrons. The first kappa shape index (κ1) is 46.2. The van der Waals surface area contributed by atoms with Gasteiger partial charge in [0.1, 0.15) is 12.2 Å². The highest BCUT2D eigenvalue weighted by atomic mass is 16.5. The van der Waals surface area contributed by atoms with E-state index in [-0.39, 0.29) is 40.9 Å². The Morgan fingerprint density at radius 3 is 1.61 bits per heavy atom. The molecule has 0 radical (unpaired) electrons. The van der Waals surface area contributed by atoms with Crippen LogP contribution in [0.4, 0.5) is 0 Å². The van der Waals surface area contributed by atoms with Gasteiger partial charge in [-0.3, -0.25) is 9.59 Å². The van der Waals surface area contributed by atoms with E-state index in [1.165, 1.54) is 39.0 Å². The molecule has 4 heteroatoms. The van der Waals surface area contributed by atoms with Crippen LogP contribution in [0, 0.1) is 27.6 Å². The van der Waals surface area contributed by atoms with E-state index in [4.69, 9.17) is 9.47 Å². The van der Waals surface area contributed by atoms with Gasteiger partial charge in [-0.2, -0.15) is 0 Å². The molecule has 0 saturated heterocycles. The van der Waals surface area contributed by atoms with Crippen molar-refractivity contribution in [1.29, 1.82) is 0 Å². The number of hydrogen-bond acceptors (Lipinski definition) is 4. The van der Waals surface area contributed by atoms with Crippen molar-refractivity contribution in [2.75, 3.05) is 0 Å². The summed E-state index contributed by atoms with van der Waals surface area (Å²) in [5, 5.41) is 0. The molecule has 0 N–H and O–H groups in total. The molecule has 0 unspecified atom stereocenters. The molecule has 54 heavy (non-hydrogen) atoms. The Hall–Kier alpha value is -3.92. The Morgan fingerprint density at radius 2 is 1.13 bits per heavy atom. The molecule has 0 spiro atoms. The predicted octanol–water partition coefficient (Wildman–Crippen LogP) is 13.6. The molecule has 0 amide bonds. The molecule has 2 aliphatic rings. The van der Waals surface area contributed by atoms with E-state index in [0.717, 1.165) is 19.3 Å². The average molecular weight is 737 g/mol. The summed E-state index contributed by atoms with van der Waals surface area (Å²) in [6, 6.07) is 0. The zero-order valence-corrected chi connectivity index (χ0v) is 36.6. The Labute approximate surface area is 330 Å². The molecule has 0 fully saturated rings. The van der Waals surface area contributed by atoms with Gasteiger partial charge in [0.2, 0.25) is 0 Å².